The summed E-state index contributed by atoms with van der Waals surface area (Å²) in [6.07, 6.45) is 2.22. The lowest BCUT2D eigenvalue weighted by Crippen LogP contribution is -2.66. The van der Waals surface area contributed by atoms with Crippen LogP contribution in [-0.2, 0) is 14.3 Å². The van der Waals surface area contributed by atoms with Crippen LogP contribution < -0.4 is 0 Å². The molecule has 40 heavy (non-hydrogen) atoms. The minimum atomic E-state index is -1.79. The van der Waals surface area contributed by atoms with Crippen LogP contribution in [0.2, 0.25) is 0 Å². The van der Waals surface area contributed by atoms with Gasteiger partial charge in [0.1, 0.15) is 17.5 Å². The van der Waals surface area contributed by atoms with Gasteiger partial charge in [-0.25, -0.2) is 0 Å². The summed E-state index contributed by atoms with van der Waals surface area (Å²) >= 11 is 0. The van der Waals surface area contributed by atoms with Gasteiger partial charge in [-0.1, -0.05) is 52.3 Å². The number of carbonyl (C=O) groups is 2. The van der Waals surface area contributed by atoms with E-state index in [1.165, 1.54) is 26.0 Å². The lowest BCUT2D eigenvalue weighted by atomic mass is 9.38. The average Bonchev–Trinajstić information content (AvgIpc) is 3.01. The fourth-order valence-corrected chi connectivity index (χ4v) is 9.70. The van der Waals surface area contributed by atoms with Gasteiger partial charge < -0.3 is 30.3 Å². The first kappa shape index (κ1) is 31.4. The number of ketones is 1. The van der Waals surface area contributed by atoms with Crippen molar-refractivity contribution < 1.29 is 39.9 Å². The predicted molar refractivity (Wildman–Crippen MR) is 150 cm³/mol. The number of Topliss-reactive ketones (excluding diaryl/α,β-unsaturated/α-hetero) is 1. The zero-order chi connectivity index (χ0) is 30.4. The van der Waals surface area contributed by atoms with Gasteiger partial charge in [0.15, 0.2) is 0 Å². The molecule has 0 aromatic carbocycles. The van der Waals surface area contributed by atoms with Gasteiger partial charge in [0.05, 0.1) is 23.9 Å². The second-order valence-electron chi connectivity index (χ2n) is 15.2. The standard InChI is InChI=1S/C32H50O8/c1-17(33)40-27(2,3)13-12-23(36)32(9,39)25-21(35)15-29(6)22-11-10-18-19(14-20(34)26(38)28(18,4)5)31(22,8)24(37)16-30(25,29)7/h10,12-13,19-23,25-26,34-36,38-39H,11,14-16H2,1-9H3/b13-12+/t19-,20+,21-,22+,23+,25+,26-,29+,30-,31+,32+/m1/s1. The van der Waals surface area contributed by atoms with E-state index >= 15 is 0 Å². The third-order valence-electron chi connectivity index (χ3n) is 11.9. The number of rotatable bonds is 5. The third kappa shape index (κ3) is 4.27. The number of allylic oxidation sites excluding steroid dienone is 1. The monoisotopic (exact) mass is 562 g/mol. The largest absolute Gasteiger partial charge is 0.456 e. The van der Waals surface area contributed by atoms with Crippen LogP contribution in [0.4, 0.5) is 0 Å². The van der Waals surface area contributed by atoms with Crippen LogP contribution in [-0.4, -0.2) is 72.9 Å². The second kappa shape index (κ2) is 9.46. The SMILES string of the molecule is CC(=O)OC(C)(C)/C=C/[C@H](O)[C@](C)(O)[C@H]1[C@H](O)C[C@@]2(C)[C@@H]3CC=C4[C@@H](C[C@H](O)[C@@H](O)C4(C)C)[C@]3(C)C(=O)C[C@]12C. The summed E-state index contributed by atoms with van der Waals surface area (Å²) < 4.78 is 5.27. The number of aliphatic hydroxyl groups is 5. The molecule has 0 bridgehead atoms. The van der Waals surface area contributed by atoms with Crippen molar-refractivity contribution in [2.45, 2.75) is 124 Å². The van der Waals surface area contributed by atoms with Gasteiger partial charge in [-0.2, -0.15) is 0 Å². The van der Waals surface area contributed by atoms with Gasteiger partial charge >= 0.3 is 5.97 Å². The first-order chi connectivity index (χ1) is 18.1. The van der Waals surface area contributed by atoms with Gasteiger partial charge in [0.25, 0.3) is 0 Å². The number of esters is 1. The van der Waals surface area contributed by atoms with Gasteiger partial charge in [0.2, 0.25) is 0 Å². The number of carbonyl (C=O) groups excluding carboxylic acids is 2. The molecule has 4 aliphatic carbocycles. The van der Waals surface area contributed by atoms with Crippen molar-refractivity contribution in [2.75, 3.05) is 0 Å². The Morgan fingerprint density at radius 3 is 2.25 bits per heavy atom. The lowest BCUT2D eigenvalue weighted by Gasteiger charge is -2.65. The maximum atomic E-state index is 14.3. The summed E-state index contributed by atoms with van der Waals surface area (Å²) in [5.41, 5.74) is -4.63. The molecule has 3 fully saturated rings. The zero-order valence-electron chi connectivity index (χ0n) is 25.6. The molecular weight excluding hydrogens is 512 g/mol. The van der Waals surface area contributed by atoms with E-state index in [0.29, 0.717) is 19.3 Å². The maximum Gasteiger partial charge on any atom is 0.303 e. The summed E-state index contributed by atoms with van der Waals surface area (Å²) in [4.78, 5) is 25.8. The van der Waals surface area contributed by atoms with Crippen LogP contribution in [0.25, 0.3) is 0 Å². The molecule has 4 aliphatic rings. The Morgan fingerprint density at radius 1 is 1.07 bits per heavy atom. The zero-order valence-corrected chi connectivity index (χ0v) is 25.6. The highest BCUT2D eigenvalue weighted by molar-refractivity contribution is 5.88. The first-order valence-electron chi connectivity index (χ1n) is 14.6. The van der Waals surface area contributed by atoms with E-state index in [0.717, 1.165) is 5.57 Å². The molecule has 0 aromatic rings. The molecule has 0 aromatic heterocycles. The molecule has 3 saturated carbocycles. The Morgan fingerprint density at radius 2 is 1.68 bits per heavy atom. The van der Waals surface area contributed by atoms with Crippen molar-refractivity contribution in [1.29, 1.82) is 0 Å². The van der Waals surface area contributed by atoms with E-state index in [1.807, 2.05) is 27.7 Å². The van der Waals surface area contributed by atoms with Gasteiger partial charge in [0, 0.05) is 30.1 Å². The molecule has 0 heterocycles. The van der Waals surface area contributed by atoms with E-state index in [2.05, 4.69) is 13.0 Å². The number of hydrogen-bond acceptors (Lipinski definition) is 8. The minimum Gasteiger partial charge on any atom is -0.456 e. The van der Waals surface area contributed by atoms with Crippen molar-refractivity contribution in [3.05, 3.63) is 23.8 Å². The summed E-state index contributed by atoms with van der Waals surface area (Å²) in [5, 5.41) is 56.3. The maximum absolute atomic E-state index is 14.3. The smallest absolute Gasteiger partial charge is 0.303 e. The molecule has 0 saturated heterocycles. The van der Waals surface area contributed by atoms with Crippen molar-refractivity contribution in [3.8, 4) is 0 Å². The lowest BCUT2D eigenvalue weighted by molar-refractivity contribution is -0.193. The first-order valence-corrected chi connectivity index (χ1v) is 14.6. The summed E-state index contributed by atoms with van der Waals surface area (Å²) in [5.74, 6) is -1.65. The number of aliphatic hydroxyl groups excluding tert-OH is 4. The molecule has 4 rings (SSSR count). The Labute approximate surface area is 238 Å². The Balaban J connectivity index is 1.74. The molecule has 0 aliphatic heterocycles. The van der Waals surface area contributed by atoms with Crippen molar-refractivity contribution in [3.63, 3.8) is 0 Å². The summed E-state index contributed by atoms with van der Waals surface area (Å²) in [7, 11) is 0. The van der Waals surface area contributed by atoms with E-state index in [9.17, 15) is 35.1 Å². The molecule has 0 amide bonds. The van der Waals surface area contributed by atoms with Crippen LogP contribution in [0.15, 0.2) is 23.8 Å². The average molecular weight is 563 g/mol. The molecular formula is C32H50O8. The highest BCUT2D eigenvalue weighted by atomic mass is 16.6. The van der Waals surface area contributed by atoms with Crippen molar-refractivity contribution in [1.82, 2.24) is 0 Å². The number of hydrogen-bond donors (Lipinski definition) is 5. The summed E-state index contributed by atoms with van der Waals surface area (Å²) in [6.45, 7) is 16.0. The predicted octanol–water partition coefficient (Wildman–Crippen LogP) is 3.08. The second-order valence-corrected chi connectivity index (χ2v) is 15.2. The van der Waals surface area contributed by atoms with Crippen LogP contribution >= 0.6 is 0 Å². The molecule has 8 heteroatoms. The van der Waals surface area contributed by atoms with E-state index < -0.39 is 69.2 Å². The molecule has 0 spiro atoms. The highest BCUT2D eigenvalue weighted by Gasteiger charge is 2.74. The Kier molecular flexibility index (Phi) is 7.42. The van der Waals surface area contributed by atoms with Crippen molar-refractivity contribution in [2.24, 2.45) is 39.4 Å². The molecule has 226 valence electrons. The van der Waals surface area contributed by atoms with E-state index in [1.54, 1.807) is 13.8 Å². The van der Waals surface area contributed by atoms with Crippen LogP contribution in [0.1, 0.15) is 88.0 Å². The third-order valence-corrected chi connectivity index (χ3v) is 11.9. The van der Waals surface area contributed by atoms with Crippen molar-refractivity contribution >= 4 is 11.8 Å². The fourth-order valence-electron chi connectivity index (χ4n) is 9.70. The number of fused-ring (bicyclic) bond motifs is 5. The van der Waals surface area contributed by atoms with Gasteiger partial charge in [-0.3, -0.25) is 9.59 Å². The minimum absolute atomic E-state index is 0.0309. The topological polar surface area (TPSA) is 145 Å². The Bertz CT molecular complexity index is 1120. The van der Waals surface area contributed by atoms with Crippen LogP contribution in [0.3, 0.4) is 0 Å². The fraction of sp³-hybridized carbons (Fsp3) is 0.812. The normalized spacial score (nSPS) is 45.1. The molecule has 11 atom stereocenters. The van der Waals surface area contributed by atoms with Gasteiger partial charge in [-0.05, 0) is 68.8 Å². The quantitative estimate of drug-likeness (QED) is 0.254. The van der Waals surface area contributed by atoms with E-state index in [4.69, 9.17) is 4.74 Å². The van der Waals surface area contributed by atoms with Crippen LogP contribution in [0, 0.1) is 39.4 Å². The summed E-state index contributed by atoms with van der Waals surface area (Å²) in [6, 6.07) is 0. The van der Waals surface area contributed by atoms with E-state index in [-0.39, 0.29) is 24.0 Å². The molecule has 0 radical (unpaired) electrons. The van der Waals surface area contributed by atoms with Crippen LogP contribution in [0.5, 0.6) is 0 Å². The highest BCUT2D eigenvalue weighted by Crippen LogP contribution is 2.74. The molecule has 8 nitrogen and oxygen atoms in total. The molecule has 5 N–H and O–H groups in total. The number of ether oxygens (including phenoxy) is 1. The Hall–Kier alpha value is -1.58. The molecule has 0 unspecified atom stereocenters. The van der Waals surface area contributed by atoms with Gasteiger partial charge in [-0.15, -0.1) is 0 Å².